The van der Waals surface area contributed by atoms with E-state index in [1.807, 2.05) is 0 Å². The number of carboxylic acid groups (broad SMARTS) is 1. The van der Waals surface area contributed by atoms with E-state index in [0.717, 1.165) is 5.56 Å². The summed E-state index contributed by atoms with van der Waals surface area (Å²) in [6.45, 7) is 1.79. The Morgan fingerprint density at radius 3 is 2.44 bits per heavy atom. The molecule has 0 aliphatic rings. The van der Waals surface area contributed by atoms with E-state index in [1.54, 1.807) is 13.0 Å². The molecule has 0 saturated carbocycles. The Morgan fingerprint density at radius 1 is 1.44 bits per heavy atom. The summed E-state index contributed by atoms with van der Waals surface area (Å²) >= 11 is 6.06. The third kappa shape index (κ3) is 2.86. The summed E-state index contributed by atoms with van der Waals surface area (Å²) < 4.78 is 10.4. The molecule has 0 aromatic heterocycles. The summed E-state index contributed by atoms with van der Waals surface area (Å²) in [5.41, 5.74) is 6.88. The van der Waals surface area contributed by atoms with Crippen LogP contribution in [0.4, 0.5) is 0 Å². The number of nitrogens with two attached hydrogens (primary N) is 1. The molecule has 0 saturated heterocycles. The van der Waals surface area contributed by atoms with Crippen LogP contribution in [0.2, 0.25) is 5.02 Å². The molecule has 18 heavy (non-hydrogen) atoms. The van der Waals surface area contributed by atoms with Gasteiger partial charge in [-0.25, -0.2) is 0 Å². The first-order chi connectivity index (χ1) is 8.42. The fourth-order valence-electron chi connectivity index (χ4n) is 1.82. The molecule has 0 heterocycles. The highest BCUT2D eigenvalue weighted by Gasteiger charge is 2.20. The topological polar surface area (TPSA) is 81.8 Å². The van der Waals surface area contributed by atoms with Crippen molar-refractivity contribution in [2.75, 3.05) is 14.2 Å². The van der Waals surface area contributed by atoms with Gasteiger partial charge in [0.15, 0.2) is 0 Å². The molecule has 1 aromatic carbocycles. The molecule has 1 aromatic rings. The van der Waals surface area contributed by atoms with Crippen LogP contribution in [0.25, 0.3) is 0 Å². The maximum Gasteiger partial charge on any atom is 0.320 e. The smallest absolute Gasteiger partial charge is 0.320 e. The first-order valence-corrected chi connectivity index (χ1v) is 5.68. The van der Waals surface area contributed by atoms with Crippen LogP contribution in [0.3, 0.4) is 0 Å². The van der Waals surface area contributed by atoms with Gasteiger partial charge in [-0.3, -0.25) is 4.79 Å². The van der Waals surface area contributed by atoms with Crippen molar-refractivity contribution in [2.24, 2.45) is 5.73 Å². The molecule has 0 spiro atoms. The molecule has 0 bridgehead atoms. The van der Waals surface area contributed by atoms with Crippen molar-refractivity contribution < 1.29 is 19.4 Å². The van der Waals surface area contributed by atoms with Crippen molar-refractivity contribution in [1.82, 2.24) is 0 Å². The molecule has 3 N–H and O–H groups in total. The Labute approximate surface area is 110 Å². The molecular formula is C12H16ClNO4. The van der Waals surface area contributed by atoms with Crippen molar-refractivity contribution in [3.63, 3.8) is 0 Å². The van der Waals surface area contributed by atoms with Gasteiger partial charge in [-0.1, -0.05) is 11.6 Å². The lowest BCUT2D eigenvalue weighted by molar-refractivity contribution is -0.138. The molecule has 0 amide bonds. The van der Waals surface area contributed by atoms with Gasteiger partial charge in [-0.2, -0.15) is 0 Å². The molecule has 1 atom stereocenters. The summed E-state index contributed by atoms with van der Waals surface area (Å²) in [5, 5.41) is 9.23. The number of ether oxygens (including phenoxy) is 2. The zero-order valence-corrected chi connectivity index (χ0v) is 11.2. The van der Waals surface area contributed by atoms with Gasteiger partial charge in [-0.15, -0.1) is 0 Å². The predicted octanol–water partition coefficient (Wildman–Crippen LogP) is 1.62. The van der Waals surface area contributed by atoms with Crippen molar-refractivity contribution in [3.8, 4) is 11.5 Å². The van der Waals surface area contributed by atoms with Gasteiger partial charge in [0.05, 0.1) is 19.2 Å². The minimum absolute atomic E-state index is 0.142. The number of carbonyl (C=O) groups is 1. The second kappa shape index (κ2) is 5.93. The van der Waals surface area contributed by atoms with Crippen molar-refractivity contribution in [3.05, 3.63) is 22.2 Å². The van der Waals surface area contributed by atoms with E-state index >= 15 is 0 Å². The van der Waals surface area contributed by atoms with E-state index < -0.39 is 12.0 Å². The largest absolute Gasteiger partial charge is 0.496 e. The first-order valence-electron chi connectivity index (χ1n) is 5.30. The number of carboxylic acids is 1. The van der Waals surface area contributed by atoms with Crippen molar-refractivity contribution in [2.45, 2.75) is 19.4 Å². The number of rotatable bonds is 5. The lowest BCUT2D eigenvalue weighted by Crippen LogP contribution is -2.32. The fourth-order valence-corrected chi connectivity index (χ4v) is 2.17. The molecule has 1 rings (SSSR count). The standard InChI is InChI=1S/C12H16ClNO4/c1-6-10(17-2)7(5-9(14)12(15)16)4-8(13)11(6)18-3/h4,9H,5,14H2,1-3H3,(H,15,16). The average molecular weight is 274 g/mol. The molecule has 0 aliphatic heterocycles. The molecule has 0 radical (unpaired) electrons. The van der Waals surface area contributed by atoms with Gasteiger partial charge in [0, 0.05) is 12.0 Å². The summed E-state index contributed by atoms with van der Waals surface area (Å²) in [5.74, 6) is -0.00393. The summed E-state index contributed by atoms with van der Waals surface area (Å²) in [4.78, 5) is 10.8. The zero-order valence-electron chi connectivity index (χ0n) is 10.5. The van der Waals surface area contributed by atoms with Gasteiger partial charge in [-0.05, 0) is 18.6 Å². The maximum atomic E-state index is 10.8. The van der Waals surface area contributed by atoms with Crippen LogP contribution in [0.5, 0.6) is 11.5 Å². The van der Waals surface area contributed by atoms with Crippen LogP contribution in [0, 0.1) is 6.92 Å². The number of methoxy groups -OCH3 is 2. The molecule has 5 nitrogen and oxygen atoms in total. The average Bonchev–Trinajstić information content (AvgIpc) is 2.29. The van der Waals surface area contributed by atoms with Gasteiger partial charge in [0.1, 0.15) is 17.5 Å². The molecule has 6 heteroatoms. The number of benzene rings is 1. The van der Waals surface area contributed by atoms with Crippen LogP contribution in [0.1, 0.15) is 11.1 Å². The van der Waals surface area contributed by atoms with Crippen LogP contribution >= 0.6 is 11.6 Å². The van der Waals surface area contributed by atoms with E-state index in [4.69, 9.17) is 31.9 Å². The van der Waals surface area contributed by atoms with E-state index in [-0.39, 0.29) is 6.42 Å². The van der Waals surface area contributed by atoms with E-state index in [1.165, 1.54) is 14.2 Å². The fraction of sp³-hybridized carbons (Fsp3) is 0.417. The Kier molecular flexibility index (Phi) is 4.81. The highest BCUT2D eigenvalue weighted by molar-refractivity contribution is 6.32. The SMILES string of the molecule is COc1c(Cl)cc(CC(N)C(=O)O)c(OC)c1C. The van der Waals surface area contributed by atoms with Crippen LogP contribution < -0.4 is 15.2 Å². The molecule has 1 unspecified atom stereocenters. The predicted molar refractivity (Wildman–Crippen MR) is 68.6 cm³/mol. The zero-order chi connectivity index (χ0) is 13.9. The highest BCUT2D eigenvalue weighted by atomic mass is 35.5. The Bertz CT molecular complexity index is 462. The highest BCUT2D eigenvalue weighted by Crippen LogP contribution is 2.38. The van der Waals surface area contributed by atoms with Crippen molar-refractivity contribution >= 4 is 17.6 Å². The quantitative estimate of drug-likeness (QED) is 0.852. The first kappa shape index (κ1) is 14.6. The summed E-state index contributed by atoms with van der Waals surface area (Å²) in [6, 6.07) is 0.623. The second-order valence-corrected chi connectivity index (χ2v) is 4.27. The third-order valence-electron chi connectivity index (χ3n) is 2.66. The third-order valence-corrected chi connectivity index (χ3v) is 2.94. The minimum Gasteiger partial charge on any atom is -0.496 e. The molecule has 0 fully saturated rings. The van der Waals surface area contributed by atoms with Gasteiger partial charge in [0.25, 0.3) is 0 Å². The number of halogens is 1. The monoisotopic (exact) mass is 273 g/mol. The van der Waals surface area contributed by atoms with Crippen LogP contribution in [-0.2, 0) is 11.2 Å². The lowest BCUT2D eigenvalue weighted by atomic mass is 10.0. The minimum atomic E-state index is -1.07. The van der Waals surface area contributed by atoms with Crippen LogP contribution in [0.15, 0.2) is 6.07 Å². The number of aliphatic carboxylic acids is 1. The van der Waals surface area contributed by atoms with E-state index in [2.05, 4.69) is 0 Å². The molecule has 0 aliphatic carbocycles. The van der Waals surface area contributed by atoms with Gasteiger partial charge in [0.2, 0.25) is 0 Å². The second-order valence-electron chi connectivity index (χ2n) is 3.86. The lowest BCUT2D eigenvalue weighted by Gasteiger charge is -2.17. The normalized spacial score (nSPS) is 12.1. The maximum absolute atomic E-state index is 10.8. The Hall–Kier alpha value is -1.46. The molecule has 100 valence electrons. The summed E-state index contributed by atoms with van der Waals surface area (Å²) in [7, 11) is 3.02. The van der Waals surface area contributed by atoms with E-state index in [9.17, 15) is 4.79 Å². The van der Waals surface area contributed by atoms with Gasteiger partial charge < -0.3 is 20.3 Å². The van der Waals surface area contributed by atoms with Crippen molar-refractivity contribution in [1.29, 1.82) is 0 Å². The Balaban J connectivity index is 3.24. The van der Waals surface area contributed by atoms with E-state index in [0.29, 0.717) is 22.1 Å². The number of hydrogen-bond donors (Lipinski definition) is 2. The van der Waals surface area contributed by atoms with Crippen LogP contribution in [-0.4, -0.2) is 31.3 Å². The molecular weight excluding hydrogens is 258 g/mol. The Morgan fingerprint density at radius 2 is 2.00 bits per heavy atom. The van der Waals surface area contributed by atoms with Gasteiger partial charge >= 0.3 is 5.97 Å². The number of hydrogen-bond acceptors (Lipinski definition) is 4. The summed E-state index contributed by atoms with van der Waals surface area (Å²) in [6.07, 6.45) is 0.142.